The minimum atomic E-state index is -0.122. The van der Waals surface area contributed by atoms with Crippen molar-refractivity contribution in [3.05, 3.63) is 102 Å². The third-order valence-corrected chi connectivity index (χ3v) is 4.67. The second kappa shape index (κ2) is 8.44. The van der Waals surface area contributed by atoms with Gasteiger partial charge in [0.15, 0.2) is 0 Å². The Morgan fingerprint density at radius 1 is 0.897 bits per heavy atom. The van der Waals surface area contributed by atoms with Crippen molar-refractivity contribution < 1.29 is 9.53 Å². The van der Waals surface area contributed by atoms with Crippen LogP contribution in [0.2, 0.25) is 0 Å². The molecule has 0 aliphatic rings. The van der Waals surface area contributed by atoms with E-state index in [2.05, 4.69) is 10.4 Å². The summed E-state index contributed by atoms with van der Waals surface area (Å²) in [7, 11) is 1.64. The Hall–Kier alpha value is -3.86. The third kappa shape index (κ3) is 4.35. The van der Waals surface area contributed by atoms with Gasteiger partial charge in [0.1, 0.15) is 5.75 Å². The van der Waals surface area contributed by atoms with E-state index in [4.69, 9.17) is 4.74 Å². The van der Waals surface area contributed by atoms with Crippen molar-refractivity contribution in [3.63, 3.8) is 0 Å². The van der Waals surface area contributed by atoms with Crippen LogP contribution in [0.1, 0.15) is 16.1 Å². The molecule has 0 fully saturated rings. The molecule has 4 aromatic rings. The molecule has 1 aromatic heterocycles. The van der Waals surface area contributed by atoms with Gasteiger partial charge in [0.2, 0.25) is 0 Å². The van der Waals surface area contributed by atoms with Crippen LogP contribution in [0.3, 0.4) is 0 Å². The van der Waals surface area contributed by atoms with Gasteiger partial charge >= 0.3 is 0 Å². The van der Waals surface area contributed by atoms with Gasteiger partial charge in [-0.25, -0.2) is 4.68 Å². The lowest BCUT2D eigenvalue weighted by atomic mass is 10.0. The summed E-state index contributed by atoms with van der Waals surface area (Å²) in [5.74, 6) is 0.676. The van der Waals surface area contributed by atoms with Crippen LogP contribution in [0.15, 0.2) is 91.1 Å². The number of rotatable bonds is 6. The molecule has 29 heavy (non-hydrogen) atoms. The van der Waals surface area contributed by atoms with Crippen molar-refractivity contribution in [3.8, 4) is 22.6 Å². The number of carbonyl (C=O) groups excluding carboxylic acids is 1. The molecule has 1 heterocycles. The number of ether oxygens (including phenoxy) is 1. The zero-order valence-corrected chi connectivity index (χ0v) is 16.1. The van der Waals surface area contributed by atoms with E-state index >= 15 is 0 Å². The van der Waals surface area contributed by atoms with Gasteiger partial charge in [0.25, 0.3) is 5.91 Å². The molecule has 3 aromatic carbocycles. The fourth-order valence-corrected chi connectivity index (χ4v) is 3.05. The summed E-state index contributed by atoms with van der Waals surface area (Å²) in [4.78, 5) is 12.5. The van der Waals surface area contributed by atoms with Gasteiger partial charge in [-0.05, 0) is 53.6 Å². The largest absolute Gasteiger partial charge is 0.497 e. The Labute approximate surface area is 169 Å². The molecule has 0 unspecified atom stereocenters. The maximum atomic E-state index is 12.5. The molecule has 0 saturated heterocycles. The van der Waals surface area contributed by atoms with Crippen molar-refractivity contribution in [2.75, 3.05) is 7.11 Å². The summed E-state index contributed by atoms with van der Waals surface area (Å²) in [5, 5.41) is 7.44. The van der Waals surface area contributed by atoms with Crippen LogP contribution >= 0.6 is 0 Å². The van der Waals surface area contributed by atoms with E-state index in [0.717, 1.165) is 28.3 Å². The Morgan fingerprint density at radius 3 is 2.28 bits per heavy atom. The second-order valence-electron chi connectivity index (χ2n) is 6.58. The minimum Gasteiger partial charge on any atom is -0.497 e. The minimum absolute atomic E-state index is 0.122. The standard InChI is InChI=1S/C24H21N3O2/c1-29-23-13-11-22(12-14-23)27-16-15-21(26-27)17-25-24(28)20-9-7-19(8-10-20)18-5-3-2-4-6-18/h2-16H,17H2,1H3,(H,25,28). The third-order valence-electron chi connectivity index (χ3n) is 4.67. The average Bonchev–Trinajstić information content (AvgIpc) is 3.27. The number of hydrogen-bond acceptors (Lipinski definition) is 3. The first-order chi connectivity index (χ1) is 14.2. The van der Waals surface area contributed by atoms with Gasteiger partial charge < -0.3 is 10.1 Å². The van der Waals surface area contributed by atoms with Crippen LogP contribution in [-0.4, -0.2) is 22.8 Å². The lowest BCUT2D eigenvalue weighted by Gasteiger charge is -2.06. The van der Waals surface area contributed by atoms with Gasteiger partial charge in [0, 0.05) is 11.8 Å². The van der Waals surface area contributed by atoms with Crippen LogP contribution in [-0.2, 0) is 6.54 Å². The molecule has 4 rings (SSSR count). The van der Waals surface area contributed by atoms with E-state index in [1.807, 2.05) is 91.1 Å². The predicted molar refractivity (Wildman–Crippen MR) is 113 cm³/mol. The van der Waals surface area contributed by atoms with Gasteiger partial charge in [-0.1, -0.05) is 42.5 Å². The number of amides is 1. The van der Waals surface area contributed by atoms with Crippen molar-refractivity contribution in [1.82, 2.24) is 15.1 Å². The summed E-state index contributed by atoms with van der Waals surface area (Å²) >= 11 is 0. The summed E-state index contributed by atoms with van der Waals surface area (Å²) in [6, 6.07) is 27.2. The molecule has 0 bridgehead atoms. The first-order valence-corrected chi connectivity index (χ1v) is 9.35. The number of aromatic nitrogens is 2. The SMILES string of the molecule is COc1ccc(-n2ccc(CNC(=O)c3ccc(-c4ccccc4)cc3)n2)cc1. The lowest BCUT2D eigenvalue weighted by molar-refractivity contribution is 0.0950. The van der Waals surface area contributed by atoms with E-state index in [-0.39, 0.29) is 5.91 Å². The van der Waals surface area contributed by atoms with Crippen LogP contribution in [0.25, 0.3) is 16.8 Å². The monoisotopic (exact) mass is 383 g/mol. The zero-order chi connectivity index (χ0) is 20.1. The van der Waals surface area contributed by atoms with Crippen LogP contribution in [0.5, 0.6) is 5.75 Å². The van der Waals surface area contributed by atoms with Gasteiger partial charge in [-0.3, -0.25) is 4.79 Å². The first kappa shape index (κ1) is 18.5. The quantitative estimate of drug-likeness (QED) is 0.534. The second-order valence-corrected chi connectivity index (χ2v) is 6.58. The van der Waals surface area contributed by atoms with E-state index in [0.29, 0.717) is 12.1 Å². The highest BCUT2D eigenvalue weighted by molar-refractivity contribution is 5.94. The number of nitrogens with zero attached hydrogens (tertiary/aromatic N) is 2. The van der Waals surface area contributed by atoms with Crippen molar-refractivity contribution in [2.24, 2.45) is 0 Å². The molecule has 1 N–H and O–H groups in total. The number of benzene rings is 3. The zero-order valence-electron chi connectivity index (χ0n) is 16.1. The van der Waals surface area contributed by atoms with Gasteiger partial charge in [-0.2, -0.15) is 5.10 Å². The van der Waals surface area contributed by atoms with Gasteiger partial charge in [-0.15, -0.1) is 0 Å². The molecule has 1 amide bonds. The molecular weight excluding hydrogens is 362 g/mol. The van der Waals surface area contributed by atoms with E-state index < -0.39 is 0 Å². The highest BCUT2D eigenvalue weighted by Gasteiger charge is 2.08. The van der Waals surface area contributed by atoms with Crippen LogP contribution in [0, 0.1) is 0 Å². The van der Waals surface area contributed by atoms with E-state index in [1.165, 1.54) is 0 Å². The molecule has 144 valence electrons. The van der Waals surface area contributed by atoms with Crippen LogP contribution in [0.4, 0.5) is 0 Å². The summed E-state index contributed by atoms with van der Waals surface area (Å²) in [5.41, 5.74) is 4.55. The highest BCUT2D eigenvalue weighted by atomic mass is 16.5. The topological polar surface area (TPSA) is 56.1 Å². The Kier molecular flexibility index (Phi) is 5.38. The number of hydrogen-bond donors (Lipinski definition) is 1. The van der Waals surface area contributed by atoms with E-state index in [9.17, 15) is 4.79 Å². The number of methoxy groups -OCH3 is 1. The number of nitrogens with one attached hydrogen (secondary N) is 1. The van der Waals surface area contributed by atoms with Crippen molar-refractivity contribution in [2.45, 2.75) is 6.54 Å². The molecule has 0 radical (unpaired) electrons. The van der Waals surface area contributed by atoms with Crippen molar-refractivity contribution in [1.29, 1.82) is 0 Å². The maximum Gasteiger partial charge on any atom is 0.251 e. The van der Waals surface area contributed by atoms with E-state index in [1.54, 1.807) is 11.8 Å². The predicted octanol–water partition coefficient (Wildman–Crippen LogP) is 4.48. The summed E-state index contributed by atoms with van der Waals surface area (Å²) < 4.78 is 6.95. The highest BCUT2D eigenvalue weighted by Crippen LogP contribution is 2.19. The molecule has 0 aliphatic heterocycles. The molecule has 0 aliphatic carbocycles. The number of carbonyl (C=O) groups is 1. The summed E-state index contributed by atoms with van der Waals surface area (Å²) in [6.07, 6.45) is 1.87. The molecule has 0 atom stereocenters. The first-order valence-electron chi connectivity index (χ1n) is 9.35. The molecule has 5 heteroatoms. The Morgan fingerprint density at radius 2 is 1.59 bits per heavy atom. The summed E-state index contributed by atoms with van der Waals surface area (Å²) in [6.45, 7) is 0.364. The Bertz CT molecular complexity index is 1090. The Balaban J connectivity index is 1.38. The molecule has 0 saturated carbocycles. The normalized spacial score (nSPS) is 10.5. The van der Waals surface area contributed by atoms with Crippen LogP contribution < -0.4 is 10.1 Å². The smallest absolute Gasteiger partial charge is 0.251 e. The molecular formula is C24H21N3O2. The lowest BCUT2D eigenvalue weighted by Crippen LogP contribution is -2.23. The average molecular weight is 383 g/mol. The van der Waals surface area contributed by atoms with Crippen molar-refractivity contribution >= 4 is 5.91 Å². The fraction of sp³-hybridized carbons (Fsp3) is 0.0833. The molecule has 0 spiro atoms. The maximum absolute atomic E-state index is 12.5. The van der Waals surface area contributed by atoms with Gasteiger partial charge in [0.05, 0.1) is 25.0 Å². The fourth-order valence-electron chi connectivity index (χ4n) is 3.05. The molecule has 5 nitrogen and oxygen atoms in total.